The molecular formula is C25H24F4N6O2. The molecular weight excluding hydrogens is 492 g/mol. The highest BCUT2D eigenvalue weighted by atomic mass is 19.4. The molecule has 12 heteroatoms. The number of ether oxygens (including phenoxy) is 2. The van der Waals surface area contributed by atoms with E-state index in [0.717, 1.165) is 38.1 Å². The Morgan fingerprint density at radius 1 is 1.05 bits per heavy atom. The molecule has 2 aromatic heterocycles. The predicted octanol–water partition coefficient (Wildman–Crippen LogP) is 4.82. The number of piperidine rings is 1. The minimum atomic E-state index is -4.87. The van der Waals surface area contributed by atoms with Crippen LogP contribution in [0.15, 0.2) is 42.6 Å². The zero-order chi connectivity index (χ0) is 26.2. The standard InChI is InChI=1S/C25H24F4N6O2/c1-36-20-11-18-19(12-21(20)37-2)35(22-7-9-31-24(34-22)32-15-4-3-8-30-13-15)23(33-18)14-5-6-17(26)16(10-14)25(27,28)29/h5-7,9-12,15,30H,3-4,8,13H2,1-2H3,(H,31,32,34). The Kier molecular flexibility index (Phi) is 6.59. The lowest BCUT2D eigenvalue weighted by atomic mass is 10.1. The van der Waals surface area contributed by atoms with E-state index < -0.39 is 17.6 Å². The van der Waals surface area contributed by atoms with Crippen LogP contribution in [0.25, 0.3) is 28.2 Å². The van der Waals surface area contributed by atoms with Crippen molar-refractivity contribution in [1.82, 2.24) is 24.8 Å². The molecule has 0 spiro atoms. The Morgan fingerprint density at radius 2 is 1.84 bits per heavy atom. The number of nitrogens with zero attached hydrogens (tertiary/aromatic N) is 4. The first-order valence-corrected chi connectivity index (χ1v) is 11.6. The predicted molar refractivity (Wildman–Crippen MR) is 130 cm³/mol. The second-order valence-corrected chi connectivity index (χ2v) is 8.59. The maximum absolute atomic E-state index is 14.1. The molecule has 1 aliphatic rings. The number of nitrogens with one attached hydrogen (secondary N) is 2. The van der Waals surface area contributed by atoms with Gasteiger partial charge in [0.05, 0.1) is 30.8 Å². The molecule has 1 aliphatic heterocycles. The van der Waals surface area contributed by atoms with Gasteiger partial charge in [-0.2, -0.15) is 18.2 Å². The second kappa shape index (κ2) is 9.85. The SMILES string of the molecule is COc1cc2nc(-c3ccc(F)c(C(F)(F)F)c3)n(-c3ccnc(NC4CCCNC4)n3)c2cc1OC. The molecule has 3 heterocycles. The number of rotatable bonds is 6. The van der Waals surface area contributed by atoms with Crippen LogP contribution in [0.5, 0.6) is 11.5 Å². The summed E-state index contributed by atoms with van der Waals surface area (Å²) in [7, 11) is 2.95. The van der Waals surface area contributed by atoms with E-state index in [-0.39, 0.29) is 17.4 Å². The number of hydrogen-bond donors (Lipinski definition) is 2. The van der Waals surface area contributed by atoms with Crippen molar-refractivity contribution in [3.63, 3.8) is 0 Å². The van der Waals surface area contributed by atoms with Crippen molar-refractivity contribution < 1.29 is 27.0 Å². The Hall–Kier alpha value is -3.93. The molecule has 2 aromatic carbocycles. The van der Waals surface area contributed by atoms with Gasteiger partial charge >= 0.3 is 6.18 Å². The summed E-state index contributed by atoms with van der Waals surface area (Å²) in [5.74, 6) is 0.310. The van der Waals surface area contributed by atoms with Crippen molar-refractivity contribution in [2.75, 3.05) is 32.6 Å². The van der Waals surface area contributed by atoms with Crippen molar-refractivity contribution in [3.05, 3.63) is 54.0 Å². The van der Waals surface area contributed by atoms with Gasteiger partial charge in [-0.05, 0) is 43.7 Å². The lowest BCUT2D eigenvalue weighted by molar-refractivity contribution is -0.139. The van der Waals surface area contributed by atoms with E-state index in [1.807, 2.05) is 0 Å². The number of hydrogen-bond acceptors (Lipinski definition) is 7. The fraction of sp³-hybridized carbons (Fsp3) is 0.320. The fourth-order valence-electron chi connectivity index (χ4n) is 4.41. The van der Waals surface area contributed by atoms with Gasteiger partial charge < -0.3 is 20.1 Å². The number of anilines is 1. The molecule has 0 amide bonds. The maximum atomic E-state index is 14.1. The summed E-state index contributed by atoms with van der Waals surface area (Å²) in [6.07, 6.45) is -1.35. The highest BCUT2D eigenvalue weighted by molar-refractivity contribution is 5.86. The largest absolute Gasteiger partial charge is 0.493 e. The number of fused-ring (bicyclic) bond motifs is 1. The Labute approximate surface area is 209 Å². The number of methoxy groups -OCH3 is 2. The van der Waals surface area contributed by atoms with E-state index >= 15 is 0 Å². The summed E-state index contributed by atoms with van der Waals surface area (Å²) in [5, 5.41) is 6.62. The fourth-order valence-corrected chi connectivity index (χ4v) is 4.41. The van der Waals surface area contributed by atoms with Crippen LogP contribution in [0.2, 0.25) is 0 Å². The first-order valence-electron chi connectivity index (χ1n) is 11.6. The molecule has 8 nitrogen and oxygen atoms in total. The minimum absolute atomic E-state index is 0.0625. The zero-order valence-electron chi connectivity index (χ0n) is 20.1. The van der Waals surface area contributed by atoms with Gasteiger partial charge in [-0.1, -0.05) is 0 Å². The Morgan fingerprint density at radius 3 is 2.54 bits per heavy atom. The average molecular weight is 516 g/mol. The molecule has 0 bridgehead atoms. The molecule has 0 radical (unpaired) electrons. The maximum Gasteiger partial charge on any atom is 0.419 e. The summed E-state index contributed by atoms with van der Waals surface area (Å²) in [5.41, 5.74) is -0.384. The molecule has 1 unspecified atom stereocenters. The van der Waals surface area contributed by atoms with Crippen LogP contribution in [0.3, 0.4) is 0 Å². The van der Waals surface area contributed by atoms with Gasteiger partial charge in [0.25, 0.3) is 0 Å². The molecule has 0 saturated carbocycles. The van der Waals surface area contributed by atoms with Gasteiger partial charge in [0, 0.05) is 36.5 Å². The highest BCUT2D eigenvalue weighted by Crippen LogP contribution is 2.38. The first kappa shape index (κ1) is 24.8. The molecule has 5 rings (SSSR count). The lowest BCUT2D eigenvalue weighted by Gasteiger charge is -2.23. The van der Waals surface area contributed by atoms with Crippen LogP contribution in [0.1, 0.15) is 18.4 Å². The number of alkyl halides is 3. The van der Waals surface area contributed by atoms with Gasteiger partial charge in [0.2, 0.25) is 5.95 Å². The molecule has 1 saturated heterocycles. The van der Waals surface area contributed by atoms with Crippen molar-refractivity contribution in [2.45, 2.75) is 25.1 Å². The molecule has 1 fully saturated rings. The molecule has 194 valence electrons. The molecule has 37 heavy (non-hydrogen) atoms. The van der Waals surface area contributed by atoms with Gasteiger partial charge in [0.15, 0.2) is 11.5 Å². The van der Waals surface area contributed by atoms with Crippen LogP contribution in [-0.2, 0) is 6.18 Å². The third kappa shape index (κ3) is 4.88. The van der Waals surface area contributed by atoms with Crippen LogP contribution in [0.4, 0.5) is 23.5 Å². The third-order valence-corrected chi connectivity index (χ3v) is 6.19. The quantitative estimate of drug-likeness (QED) is 0.356. The van der Waals surface area contributed by atoms with Crippen molar-refractivity contribution >= 4 is 17.0 Å². The van der Waals surface area contributed by atoms with Gasteiger partial charge in [-0.25, -0.2) is 14.4 Å². The monoisotopic (exact) mass is 516 g/mol. The van der Waals surface area contributed by atoms with Gasteiger partial charge in [-0.15, -0.1) is 0 Å². The summed E-state index contributed by atoms with van der Waals surface area (Å²) in [6, 6.07) is 7.83. The van der Waals surface area contributed by atoms with Crippen LogP contribution < -0.4 is 20.1 Å². The van der Waals surface area contributed by atoms with Gasteiger partial charge in [0.1, 0.15) is 17.5 Å². The Bertz CT molecular complexity index is 1430. The smallest absolute Gasteiger partial charge is 0.419 e. The van der Waals surface area contributed by atoms with Gasteiger partial charge in [-0.3, -0.25) is 4.57 Å². The van der Waals surface area contributed by atoms with E-state index in [2.05, 4.69) is 25.6 Å². The lowest BCUT2D eigenvalue weighted by Crippen LogP contribution is -2.38. The Balaban J connectivity index is 1.70. The van der Waals surface area contributed by atoms with Crippen molar-refractivity contribution in [2.24, 2.45) is 0 Å². The zero-order valence-corrected chi connectivity index (χ0v) is 20.1. The molecule has 0 aliphatic carbocycles. The molecule has 2 N–H and O–H groups in total. The summed E-state index contributed by atoms with van der Waals surface area (Å²) in [4.78, 5) is 13.5. The van der Waals surface area contributed by atoms with E-state index in [4.69, 9.17) is 9.47 Å². The van der Waals surface area contributed by atoms with Crippen molar-refractivity contribution in [3.8, 4) is 28.7 Å². The van der Waals surface area contributed by atoms with E-state index in [0.29, 0.717) is 34.3 Å². The number of aromatic nitrogens is 4. The minimum Gasteiger partial charge on any atom is -0.493 e. The number of imidazole rings is 1. The van der Waals surface area contributed by atoms with Crippen LogP contribution >= 0.6 is 0 Å². The molecule has 4 aromatic rings. The summed E-state index contributed by atoms with van der Waals surface area (Å²) >= 11 is 0. The van der Waals surface area contributed by atoms with Crippen molar-refractivity contribution in [1.29, 1.82) is 0 Å². The first-order chi connectivity index (χ1) is 17.8. The topological polar surface area (TPSA) is 86.1 Å². The number of halogens is 4. The van der Waals surface area contributed by atoms with E-state index in [1.165, 1.54) is 20.3 Å². The van der Waals surface area contributed by atoms with E-state index in [9.17, 15) is 17.6 Å². The third-order valence-electron chi connectivity index (χ3n) is 6.19. The van der Waals surface area contributed by atoms with Crippen LogP contribution in [-0.4, -0.2) is 52.9 Å². The molecule has 1 atom stereocenters. The average Bonchev–Trinajstić information content (AvgIpc) is 3.26. The summed E-state index contributed by atoms with van der Waals surface area (Å²) < 4.78 is 67.0. The highest BCUT2D eigenvalue weighted by Gasteiger charge is 2.35. The van der Waals surface area contributed by atoms with Crippen LogP contribution in [0, 0.1) is 5.82 Å². The van der Waals surface area contributed by atoms with E-state index in [1.54, 1.807) is 29.0 Å². The number of benzene rings is 2. The summed E-state index contributed by atoms with van der Waals surface area (Å²) in [6.45, 7) is 1.71. The normalized spacial score (nSPS) is 16.1. The second-order valence-electron chi connectivity index (χ2n) is 8.59.